The molecular formula is C27H17N3OPtS. The van der Waals surface area contributed by atoms with Crippen LogP contribution in [0.1, 0.15) is 5.56 Å². The molecule has 0 aliphatic carbocycles. The van der Waals surface area contributed by atoms with Crippen molar-refractivity contribution in [1.29, 1.82) is 0 Å². The summed E-state index contributed by atoms with van der Waals surface area (Å²) in [5.74, 6) is 1.92. The molecule has 6 rings (SSSR count). The van der Waals surface area contributed by atoms with Crippen LogP contribution in [0.15, 0.2) is 90.0 Å². The third-order valence-corrected chi connectivity index (χ3v) is 5.89. The Morgan fingerprint density at radius 3 is 2.67 bits per heavy atom. The first-order valence-electron chi connectivity index (χ1n) is 10.3. The van der Waals surface area contributed by atoms with Gasteiger partial charge in [-0.2, -0.15) is 6.07 Å². The van der Waals surface area contributed by atoms with Crippen molar-refractivity contribution < 1.29 is 25.8 Å². The maximum atomic E-state index is 6.11. The number of aryl methyl sites for hydroxylation is 1. The van der Waals surface area contributed by atoms with Crippen LogP contribution in [-0.2, 0) is 33.7 Å². The molecule has 0 amide bonds. The number of rotatable bonds is 3. The average Bonchev–Trinajstić information content (AvgIpc) is 3.13. The van der Waals surface area contributed by atoms with E-state index in [0.29, 0.717) is 16.5 Å². The van der Waals surface area contributed by atoms with Crippen LogP contribution < -0.4 is 4.74 Å². The number of hydrogen-bond donors (Lipinski definition) is 0. The first kappa shape index (κ1) is 21.6. The van der Waals surface area contributed by atoms with Crippen molar-refractivity contribution in [2.24, 2.45) is 0 Å². The van der Waals surface area contributed by atoms with Crippen LogP contribution >= 0.6 is 0 Å². The summed E-state index contributed by atoms with van der Waals surface area (Å²) in [6.45, 7) is 2.07. The van der Waals surface area contributed by atoms with Crippen molar-refractivity contribution in [2.45, 2.75) is 11.8 Å². The van der Waals surface area contributed by atoms with Gasteiger partial charge in [-0.3, -0.25) is 0 Å². The second-order valence-electron chi connectivity index (χ2n) is 7.71. The van der Waals surface area contributed by atoms with E-state index in [0.717, 1.165) is 44.1 Å². The fourth-order valence-corrected chi connectivity index (χ4v) is 4.33. The van der Waals surface area contributed by atoms with E-state index in [1.807, 2.05) is 60.8 Å². The van der Waals surface area contributed by atoms with E-state index in [9.17, 15) is 0 Å². The SMILES string of the molecule is Cc1ccnc(-n2c3[c-]c(Oc4ccc5cccc([S-])c5n4)ccc3c3ccccc32)c1.[Pt+2]. The van der Waals surface area contributed by atoms with E-state index in [-0.39, 0.29) is 21.1 Å². The van der Waals surface area contributed by atoms with Gasteiger partial charge in [0.05, 0.1) is 5.52 Å². The van der Waals surface area contributed by atoms with Gasteiger partial charge in [0.2, 0.25) is 5.88 Å². The second kappa shape index (κ2) is 8.58. The van der Waals surface area contributed by atoms with Crippen LogP contribution in [0.5, 0.6) is 11.6 Å². The topological polar surface area (TPSA) is 39.9 Å². The molecule has 0 unspecified atom stereocenters. The maximum Gasteiger partial charge on any atom is 2.00 e. The zero-order valence-corrected chi connectivity index (χ0v) is 20.6. The van der Waals surface area contributed by atoms with Crippen molar-refractivity contribution in [3.8, 4) is 17.4 Å². The van der Waals surface area contributed by atoms with Gasteiger partial charge >= 0.3 is 21.1 Å². The smallest absolute Gasteiger partial charge is 0.778 e. The summed E-state index contributed by atoms with van der Waals surface area (Å²) >= 11 is 5.42. The summed E-state index contributed by atoms with van der Waals surface area (Å²) in [6, 6.07) is 29.4. The number of hydrogen-bond acceptors (Lipinski definition) is 4. The van der Waals surface area contributed by atoms with Gasteiger partial charge in [0.25, 0.3) is 0 Å². The van der Waals surface area contributed by atoms with Crippen LogP contribution in [0.4, 0.5) is 0 Å². The molecular weight excluding hydrogens is 609 g/mol. The molecule has 6 aromatic rings. The van der Waals surface area contributed by atoms with E-state index in [1.54, 1.807) is 0 Å². The molecule has 6 heteroatoms. The van der Waals surface area contributed by atoms with Gasteiger partial charge < -0.3 is 21.9 Å². The van der Waals surface area contributed by atoms with Crippen molar-refractivity contribution in [1.82, 2.24) is 14.5 Å². The number of fused-ring (bicyclic) bond motifs is 4. The molecule has 3 aromatic carbocycles. The molecule has 0 saturated carbocycles. The molecule has 33 heavy (non-hydrogen) atoms. The van der Waals surface area contributed by atoms with Gasteiger partial charge in [-0.1, -0.05) is 41.9 Å². The normalized spacial score (nSPS) is 11.1. The Morgan fingerprint density at radius 1 is 0.909 bits per heavy atom. The number of benzene rings is 3. The summed E-state index contributed by atoms with van der Waals surface area (Å²) in [7, 11) is 0. The minimum absolute atomic E-state index is 0. The fraction of sp³-hybridized carbons (Fsp3) is 0.0370. The van der Waals surface area contributed by atoms with Crippen LogP contribution in [-0.4, -0.2) is 14.5 Å². The Balaban J connectivity index is 0.00000228. The van der Waals surface area contributed by atoms with Crippen molar-refractivity contribution in [3.63, 3.8) is 0 Å². The second-order valence-corrected chi connectivity index (χ2v) is 8.15. The molecule has 0 N–H and O–H groups in total. The molecule has 3 heterocycles. The molecule has 0 bridgehead atoms. The maximum absolute atomic E-state index is 6.11. The van der Waals surface area contributed by atoms with Gasteiger partial charge in [-0.25, -0.2) is 9.97 Å². The van der Waals surface area contributed by atoms with E-state index in [2.05, 4.69) is 51.8 Å². The Kier molecular flexibility index (Phi) is 5.61. The summed E-state index contributed by atoms with van der Waals surface area (Å²) in [5, 5.41) is 3.23. The third-order valence-electron chi connectivity index (χ3n) is 5.56. The quantitative estimate of drug-likeness (QED) is 0.166. The van der Waals surface area contributed by atoms with Crippen molar-refractivity contribution in [3.05, 3.63) is 96.7 Å². The number of nitrogens with zero attached hydrogens (tertiary/aromatic N) is 3. The summed E-state index contributed by atoms with van der Waals surface area (Å²) < 4.78 is 8.24. The molecule has 0 spiro atoms. The number of aromatic nitrogens is 3. The van der Waals surface area contributed by atoms with Gasteiger partial charge in [0, 0.05) is 23.5 Å². The summed E-state index contributed by atoms with van der Waals surface area (Å²) in [5.41, 5.74) is 3.90. The van der Waals surface area contributed by atoms with E-state index in [4.69, 9.17) is 17.4 Å². The van der Waals surface area contributed by atoms with Crippen LogP contribution in [0.2, 0.25) is 0 Å². The minimum Gasteiger partial charge on any atom is -0.778 e. The van der Waals surface area contributed by atoms with Gasteiger partial charge in [0.1, 0.15) is 5.82 Å². The molecule has 3 aromatic heterocycles. The Bertz CT molecular complexity index is 1640. The van der Waals surface area contributed by atoms with Gasteiger partial charge in [0.15, 0.2) is 0 Å². The van der Waals surface area contributed by atoms with Gasteiger partial charge in [-0.05, 0) is 47.5 Å². The molecule has 0 radical (unpaired) electrons. The van der Waals surface area contributed by atoms with E-state index < -0.39 is 0 Å². The molecule has 0 aliphatic rings. The average molecular weight is 627 g/mol. The Labute approximate surface area is 210 Å². The Morgan fingerprint density at radius 2 is 1.79 bits per heavy atom. The monoisotopic (exact) mass is 626 g/mol. The largest absolute Gasteiger partial charge is 2.00 e. The van der Waals surface area contributed by atoms with E-state index >= 15 is 0 Å². The first-order chi connectivity index (χ1) is 15.7. The minimum atomic E-state index is 0. The summed E-state index contributed by atoms with van der Waals surface area (Å²) in [6.07, 6.45) is 1.83. The van der Waals surface area contributed by atoms with Crippen LogP contribution in [0.25, 0.3) is 38.5 Å². The molecule has 0 fully saturated rings. The molecule has 0 atom stereocenters. The predicted octanol–water partition coefficient (Wildman–Crippen LogP) is 6.53. The van der Waals surface area contributed by atoms with Crippen molar-refractivity contribution in [2.75, 3.05) is 0 Å². The molecule has 0 aliphatic heterocycles. The zero-order valence-electron chi connectivity index (χ0n) is 17.6. The molecule has 0 saturated heterocycles. The van der Waals surface area contributed by atoms with Crippen LogP contribution in [0, 0.1) is 13.0 Å². The van der Waals surface area contributed by atoms with Gasteiger partial charge in [-0.15, -0.1) is 22.4 Å². The molecule has 4 nitrogen and oxygen atoms in total. The molecule has 162 valence electrons. The first-order valence-corrected chi connectivity index (χ1v) is 10.7. The fourth-order valence-electron chi connectivity index (χ4n) is 4.09. The van der Waals surface area contributed by atoms with Crippen LogP contribution in [0.3, 0.4) is 0 Å². The zero-order chi connectivity index (χ0) is 21.7. The predicted molar refractivity (Wildman–Crippen MR) is 130 cm³/mol. The standard InChI is InChI=1S/C27H18N3OS.Pt/c1-17-13-14-28-25(15-17)30-22-7-3-2-6-20(22)21-11-10-19(16-23(21)30)31-26-12-9-18-5-4-8-24(32)27(18)29-26;/h2-15,32H,1H3;/q-1;+2/p-1. The van der Waals surface area contributed by atoms with Crippen molar-refractivity contribution >= 4 is 45.3 Å². The number of para-hydroxylation sites is 2. The third kappa shape index (κ3) is 3.78. The number of pyridine rings is 2. The Hall–Kier alpha value is -3.27. The van der Waals surface area contributed by atoms with E-state index in [1.165, 1.54) is 0 Å². The number of ether oxygens (including phenoxy) is 1. The summed E-state index contributed by atoms with van der Waals surface area (Å²) in [4.78, 5) is 9.94.